The molecule has 0 heterocycles. The third-order valence-corrected chi connectivity index (χ3v) is 3.75. The number of rotatable bonds is 5. The fraction of sp³-hybridized carbons (Fsp3) is 0.133. The van der Waals surface area contributed by atoms with Gasteiger partial charge in [-0.2, -0.15) is 0 Å². The van der Waals surface area contributed by atoms with Gasteiger partial charge in [0.15, 0.2) is 0 Å². The Balaban J connectivity index is 1.86. The lowest BCUT2D eigenvalue weighted by molar-refractivity contribution is 0.0961. The highest BCUT2D eigenvalue weighted by Gasteiger charge is 2.04. The quantitative estimate of drug-likeness (QED) is 0.674. The van der Waals surface area contributed by atoms with E-state index in [0.29, 0.717) is 16.5 Å². The van der Waals surface area contributed by atoms with E-state index in [1.54, 1.807) is 31.4 Å². The van der Waals surface area contributed by atoms with Crippen molar-refractivity contribution in [3.63, 3.8) is 0 Å². The van der Waals surface area contributed by atoms with Crippen LogP contribution in [0.1, 0.15) is 10.4 Å². The van der Waals surface area contributed by atoms with E-state index in [-0.39, 0.29) is 5.91 Å². The molecule has 0 aromatic heterocycles. The van der Waals surface area contributed by atoms with Gasteiger partial charge in [0.1, 0.15) is 5.75 Å². The fourth-order valence-electron chi connectivity index (χ4n) is 1.58. The summed E-state index contributed by atoms with van der Waals surface area (Å²) < 4.78 is 5.15. The van der Waals surface area contributed by atoms with E-state index < -0.39 is 0 Å². The van der Waals surface area contributed by atoms with Crippen LogP contribution in [0.25, 0.3) is 0 Å². The maximum absolute atomic E-state index is 11.9. The molecule has 0 saturated carbocycles. The minimum absolute atomic E-state index is 0.114. The molecule has 0 spiro atoms. The molecule has 0 fully saturated rings. The number of hydrogen-bond acceptors (Lipinski definition) is 3. The third-order valence-electron chi connectivity index (χ3n) is 2.62. The second-order valence-electron chi connectivity index (χ2n) is 3.98. The highest BCUT2D eigenvalue weighted by atomic mass is 35.5. The Morgan fingerprint density at radius 1 is 1.25 bits per heavy atom. The Hall–Kier alpha value is -1.65. The van der Waals surface area contributed by atoms with Crippen LogP contribution in [0.2, 0.25) is 5.02 Å². The monoisotopic (exact) mass is 307 g/mol. The molecule has 0 aliphatic rings. The average molecular weight is 308 g/mol. The third kappa shape index (κ3) is 4.18. The van der Waals surface area contributed by atoms with Crippen LogP contribution < -0.4 is 10.1 Å². The van der Waals surface area contributed by atoms with Gasteiger partial charge in [0.2, 0.25) is 0 Å². The van der Waals surface area contributed by atoms with Crippen molar-refractivity contribution in [3.05, 3.63) is 59.1 Å². The van der Waals surface area contributed by atoms with Gasteiger partial charge in [0.05, 0.1) is 13.0 Å². The predicted molar refractivity (Wildman–Crippen MR) is 82.6 cm³/mol. The topological polar surface area (TPSA) is 38.3 Å². The lowest BCUT2D eigenvalue weighted by Crippen LogP contribution is -2.22. The zero-order chi connectivity index (χ0) is 14.4. The predicted octanol–water partition coefficient (Wildman–Crippen LogP) is 3.83. The Bertz CT molecular complexity index is 587. The van der Waals surface area contributed by atoms with Gasteiger partial charge in [-0.15, -0.1) is 11.8 Å². The zero-order valence-corrected chi connectivity index (χ0v) is 12.5. The average Bonchev–Trinajstić information content (AvgIpc) is 2.48. The SMILES string of the molecule is COc1cccc(SCNC(=O)c2ccc(Cl)cc2)c1. The molecule has 2 aromatic rings. The Morgan fingerprint density at radius 3 is 2.70 bits per heavy atom. The van der Waals surface area contributed by atoms with Crippen LogP contribution >= 0.6 is 23.4 Å². The number of amides is 1. The fourth-order valence-corrected chi connectivity index (χ4v) is 2.45. The van der Waals surface area contributed by atoms with Crippen LogP contribution in [0, 0.1) is 0 Å². The molecule has 0 aliphatic heterocycles. The van der Waals surface area contributed by atoms with Crippen molar-refractivity contribution in [1.82, 2.24) is 5.32 Å². The summed E-state index contributed by atoms with van der Waals surface area (Å²) in [5.74, 6) is 1.19. The first kappa shape index (κ1) is 14.8. The first-order valence-corrected chi connectivity index (χ1v) is 7.36. The van der Waals surface area contributed by atoms with Gasteiger partial charge in [-0.05, 0) is 42.5 Å². The lowest BCUT2D eigenvalue weighted by atomic mass is 10.2. The number of nitrogens with one attached hydrogen (secondary N) is 1. The normalized spacial score (nSPS) is 10.1. The van der Waals surface area contributed by atoms with Crippen molar-refractivity contribution in [2.75, 3.05) is 13.0 Å². The number of benzene rings is 2. The minimum atomic E-state index is -0.114. The van der Waals surface area contributed by atoms with E-state index >= 15 is 0 Å². The molecule has 20 heavy (non-hydrogen) atoms. The van der Waals surface area contributed by atoms with Gasteiger partial charge in [-0.3, -0.25) is 4.79 Å². The van der Waals surface area contributed by atoms with Crippen LogP contribution in [0.4, 0.5) is 0 Å². The number of methoxy groups -OCH3 is 1. The maximum atomic E-state index is 11.9. The van der Waals surface area contributed by atoms with Crippen LogP contribution in [-0.4, -0.2) is 18.9 Å². The smallest absolute Gasteiger partial charge is 0.251 e. The lowest BCUT2D eigenvalue weighted by Gasteiger charge is -2.06. The van der Waals surface area contributed by atoms with Crippen LogP contribution in [0.3, 0.4) is 0 Å². The number of hydrogen-bond donors (Lipinski definition) is 1. The molecule has 2 rings (SSSR count). The van der Waals surface area contributed by atoms with Crippen molar-refractivity contribution >= 4 is 29.3 Å². The van der Waals surface area contributed by atoms with Crippen LogP contribution in [0.15, 0.2) is 53.4 Å². The highest BCUT2D eigenvalue weighted by molar-refractivity contribution is 7.99. The van der Waals surface area contributed by atoms with E-state index in [9.17, 15) is 4.79 Å². The molecular weight excluding hydrogens is 294 g/mol. The minimum Gasteiger partial charge on any atom is -0.497 e. The maximum Gasteiger partial charge on any atom is 0.251 e. The van der Waals surface area contributed by atoms with Gasteiger partial charge < -0.3 is 10.1 Å². The molecule has 2 aromatic carbocycles. The van der Waals surface area contributed by atoms with E-state index in [1.807, 2.05) is 24.3 Å². The van der Waals surface area contributed by atoms with Crippen LogP contribution in [0.5, 0.6) is 5.75 Å². The number of carbonyl (C=O) groups is 1. The highest BCUT2D eigenvalue weighted by Crippen LogP contribution is 2.21. The molecule has 0 radical (unpaired) electrons. The van der Waals surface area contributed by atoms with Gasteiger partial charge in [0, 0.05) is 15.5 Å². The molecule has 1 amide bonds. The Morgan fingerprint density at radius 2 is 2.00 bits per heavy atom. The van der Waals surface area contributed by atoms with Crippen molar-refractivity contribution in [3.8, 4) is 5.75 Å². The number of ether oxygens (including phenoxy) is 1. The summed E-state index contributed by atoms with van der Waals surface area (Å²) in [6.07, 6.45) is 0. The molecule has 0 bridgehead atoms. The molecule has 0 unspecified atom stereocenters. The van der Waals surface area contributed by atoms with Crippen LogP contribution in [-0.2, 0) is 0 Å². The van der Waals surface area contributed by atoms with E-state index in [2.05, 4.69) is 5.32 Å². The van der Waals surface area contributed by atoms with Crippen molar-refractivity contribution in [2.24, 2.45) is 0 Å². The summed E-state index contributed by atoms with van der Waals surface area (Å²) in [4.78, 5) is 12.9. The molecule has 0 atom stereocenters. The Kier molecular flexibility index (Phi) is 5.32. The molecule has 1 N–H and O–H groups in total. The first-order valence-electron chi connectivity index (χ1n) is 5.99. The van der Waals surface area contributed by atoms with Gasteiger partial charge in [-0.1, -0.05) is 17.7 Å². The van der Waals surface area contributed by atoms with Gasteiger partial charge in [-0.25, -0.2) is 0 Å². The zero-order valence-electron chi connectivity index (χ0n) is 10.9. The van der Waals surface area contributed by atoms with Gasteiger partial charge in [0.25, 0.3) is 5.91 Å². The van der Waals surface area contributed by atoms with Crippen molar-refractivity contribution in [2.45, 2.75) is 4.90 Å². The summed E-state index contributed by atoms with van der Waals surface area (Å²) in [5.41, 5.74) is 0.598. The van der Waals surface area contributed by atoms with Crippen molar-refractivity contribution < 1.29 is 9.53 Å². The van der Waals surface area contributed by atoms with E-state index in [0.717, 1.165) is 10.6 Å². The summed E-state index contributed by atoms with van der Waals surface area (Å²) in [6.45, 7) is 0. The number of carbonyl (C=O) groups excluding carboxylic acids is 1. The van der Waals surface area contributed by atoms with E-state index in [1.165, 1.54) is 11.8 Å². The number of thioether (sulfide) groups is 1. The Labute approximate surface area is 127 Å². The molecule has 5 heteroatoms. The second kappa shape index (κ2) is 7.22. The van der Waals surface area contributed by atoms with Gasteiger partial charge >= 0.3 is 0 Å². The van der Waals surface area contributed by atoms with Crippen molar-refractivity contribution in [1.29, 1.82) is 0 Å². The summed E-state index contributed by atoms with van der Waals surface area (Å²) in [5, 5.41) is 3.46. The van der Waals surface area contributed by atoms with E-state index in [4.69, 9.17) is 16.3 Å². The standard InChI is InChI=1S/C15H14ClNO2S/c1-19-13-3-2-4-14(9-13)20-10-17-15(18)11-5-7-12(16)8-6-11/h2-9H,10H2,1H3,(H,17,18). The summed E-state index contributed by atoms with van der Waals surface area (Å²) in [7, 11) is 1.63. The molecule has 0 saturated heterocycles. The summed E-state index contributed by atoms with van der Waals surface area (Å²) in [6, 6.07) is 14.5. The first-order chi connectivity index (χ1) is 9.69. The molecule has 3 nitrogen and oxygen atoms in total. The largest absolute Gasteiger partial charge is 0.497 e. The summed E-state index contributed by atoms with van der Waals surface area (Å²) >= 11 is 7.32. The molecule has 104 valence electrons. The molecule has 0 aliphatic carbocycles. The second-order valence-corrected chi connectivity index (χ2v) is 5.47. The number of halogens is 1. The molecular formula is C15H14ClNO2S.